The molecule has 0 spiro atoms. The van der Waals surface area contributed by atoms with Crippen molar-refractivity contribution in [1.29, 1.82) is 0 Å². The van der Waals surface area contributed by atoms with Gasteiger partial charge >= 0.3 is 0 Å². The Kier molecular flexibility index (Phi) is 5.40. The fourth-order valence-electron chi connectivity index (χ4n) is 2.28. The first-order valence-electron chi connectivity index (χ1n) is 6.61. The quantitative estimate of drug-likeness (QED) is 0.671. The number of carbonyl (C=O) groups excluding carboxylic acids is 1. The number of nitrogens with one attached hydrogen (secondary N) is 2. The van der Waals surface area contributed by atoms with E-state index < -0.39 is 0 Å². The third-order valence-electron chi connectivity index (χ3n) is 3.75. The number of hydrogen-bond acceptors (Lipinski definition) is 3. The zero-order chi connectivity index (χ0) is 12.9. The second-order valence-electron chi connectivity index (χ2n) is 5.66. The van der Waals surface area contributed by atoms with Crippen molar-refractivity contribution in [3.8, 4) is 0 Å². The van der Waals surface area contributed by atoms with Crippen molar-refractivity contribution in [2.24, 2.45) is 11.3 Å². The van der Waals surface area contributed by atoms with E-state index in [0.717, 1.165) is 25.9 Å². The normalized spacial score (nSPS) is 23.2. The molecule has 1 saturated heterocycles. The van der Waals surface area contributed by atoms with Crippen molar-refractivity contribution < 1.29 is 9.90 Å². The van der Waals surface area contributed by atoms with Gasteiger partial charge < -0.3 is 15.7 Å². The molecular formula is C13H26N2O2. The Hall–Kier alpha value is -0.610. The van der Waals surface area contributed by atoms with Crippen LogP contribution in [-0.4, -0.2) is 36.8 Å². The van der Waals surface area contributed by atoms with Gasteiger partial charge in [-0.05, 0) is 45.2 Å². The molecular weight excluding hydrogens is 216 g/mol. The minimum absolute atomic E-state index is 0.104. The average molecular weight is 242 g/mol. The molecule has 100 valence electrons. The zero-order valence-corrected chi connectivity index (χ0v) is 11.3. The van der Waals surface area contributed by atoms with Gasteiger partial charge in [0.2, 0.25) is 5.91 Å². The van der Waals surface area contributed by atoms with Crippen LogP contribution in [0, 0.1) is 11.3 Å². The fourth-order valence-corrected chi connectivity index (χ4v) is 2.28. The first kappa shape index (κ1) is 14.5. The predicted molar refractivity (Wildman–Crippen MR) is 68.7 cm³/mol. The molecule has 17 heavy (non-hydrogen) atoms. The van der Waals surface area contributed by atoms with Gasteiger partial charge in [-0.15, -0.1) is 0 Å². The smallest absolute Gasteiger partial charge is 0.225 e. The van der Waals surface area contributed by atoms with E-state index in [1.54, 1.807) is 6.92 Å². The molecule has 0 aliphatic carbocycles. The molecule has 2 atom stereocenters. The average Bonchev–Trinajstić information content (AvgIpc) is 2.29. The largest absolute Gasteiger partial charge is 0.393 e. The fraction of sp³-hybridized carbons (Fsp3) is 0.923. The molecule has 0 aromatic rings. The van der Waals surface area contributed by atoms with Crippen molar-refractivity contribution in [3.63, 3.8) is 0 Å². The van der Waals surface area contributed by atoms with Crippen LogP contribution in [-0.2, 0) is 4.79 Å². The van der Waals surface area contributed by atoms with Gasteiger partial charge in [0.15, 0.2) is 0 Å². The molecule has 1 amide bonds. The van der Waals surface area contributed by atoms with Crippen LogP contribution < -0.4 is 10.6 Å². The lowest BCUT2D eigenvalue weighted by atomic mass is 9.74. The third kappa shape index (κ3) is 4.28. The molecule has 0 aromatic carbocycles. The van der Waals surface area contributed by atoms with E-state index in [1.807, 2.05) is 13.8 Å². The summed E-state index contributed by atoms with van der Waals surface area (Å²) in [6.45, 7) is 8.32. The highest BCUT2D eigenvalue weighted by Crippen LogP contribution is 2.31. The number of carbonyl (C=O) groups is 1. The van der Waals surface area contributed by atoms with Crippen LogP contribution in [0.4, 0.5) is 0 Å². The molecule has 0 aromatic heterocycles. The lowest BCUT2D eigenvalue weighted by molar-refractivity contribution is -0.132. The molecule has 2 unspecified atom stereocenters. The summed E-state index contributed by atoms with van der Waals surface area (Å²) < 4.78 is 0. The number of amides is 1. The van der Waals surface area contributed by atoms with Gasteiger partial charge in [0.05, 0.1) is 6.10 Å². The van der Waals surface area contributed by atoms with Crippen LogP contribution in [0.1, 0.15) is 40.0 Å². The Morgan fingerprint density at radius 2 is 2.29 bits per heavy atom. The summed E-state index contributed by atoms with van der Waals surface area (Å²) in [6.07, 6.45) is 2.53. The Balaban J connectivity index is 2.41. The number of aliphatic hydroxyl groups excluding tert-OH is 1. The Labute approximate surface area is 104 Å². The van der Waals surface area contributed by atoms with Crippen molar-refractivity contribution >= 4 is 5.91 Å². The number of rotatable bonds is 5. The second kappa shape index (κ2) is 6.36. The molecule has 1 fully saturated rings. The summed E-state index contributed by atoms with van der Waals surface area (Å²) in [5, 5.41) is 15.4. The first-order valence-corrected chi connectivity index (χ1v) is 6.61. The Morgan fingerprint density at radius 1 is 1.59 bits per heavy atom. The van der Waals surface area contributed by atoms with Gasteiger partial charge in [-0.25, -0.2) is 0 Å². The molecule has 1 rings (SSSR count). The maximum absolute atomic E-state index is 12.1. The summed E-state index contributed by atoms with van der Waals surface area (Å²) in [6, 6.07) is 0. The molecule has 0 bridgehead atoms. The predicted octanol–water partition coefficient (Wildman–Crippen LogP) is 0.899. The molecule has 4 heteroatoms. The minimum Gasteiger partial charge on any atom is -0.393 e. The summed E-state index contributed by atoms with van der Waals surface area (Å²) in [7, 11) is 0. The van der Waals surface area contributed by atoms with E-state index in [0.29, 0.717) is 18.9 Å². The molecule has 3 N–H and O–H groups in total. The number of piperidine rings is 1. The van der Waals surface area contributed by atoms with Crippen molar-refractivity contribution in [1.82, 2.24) is 10.6 Å². The minimum atomic E-state index is -0.352. The monoisotopic (exact) mass is 242 g/mol. The van der Waals surface area contributed by atoms with E-state index >= 15 is 0 Å². The van der Waals surface area contributed by atoms with E-state index in [9.17, 15) is 4.79 Å². The van der Waals surface area contributed by atoms with Crippen molar-refractivity contribution in [2.45, 2.75) is 46.1 Å². The van der Waals surface area contributed by atoms with Gasteiger partial charge in [0, 0.05) is 12.0 Å². The second-order valence-corrected chi connectivity index (χ2v) is 5.66. The SMILES string of the molecule is CC(O)CCNC(=O)C(C)(C)C1CCCNC1. The third-order valence-corrected chi connectivity index (χ3v) is 3.75. The molecule has 1 aliphatic heterocycles. The van der Waals surface area contributed by atoms with Crippen LogP contribution in [0.15, 0.2) is 0 Å². The zero-order valence-electron chi connectivity index (χ0n) is 11.3. The standard InChI is InChI=1S/C13H26N2O2/c1-10(16)6-8-15-12(17)13(2,3)11-5-4-7-14-9-11/h10-11,14,16H,4-9H2,1-3H3,(H,15,17). The molecule has 0 radical (unpaired) electrons. The molecule has 0 saturated carbocycles. The van der Waals surface area contributed by atoms with Crippen LogP contribution >= 0.6 is 0 Å². The van der Waals surface area contributed by atoms with Gasteiger partial charge in [-0.1, -0.05) is 13.8 Å². The maximum atomic E-state index is 12.1. The summed E-state index contributed by atoms with van der Waals surface area (Å²) in [4.78, 5) is 12.1. The maximum Gasteiger partial charge on any atom is 0.225 e. The van der Waals surface area contributed by atoms with Crippen LogP contribution in [0.5, 0.6) is 0 Å². The van der Waals surface area contributed by atoms with Crippen LogP contribution in [0.25, 0.3) is 0 Å². The first-order chi connectivity index (χ1) is 7.94. The van der Waals surface area contributed by atoms with E-state index in [4.69, 9.17) is 5.11 Å². The lowest BCUT2D eigenvalue weighted by Gasteiger charge is -2.36. The molecule has 1 aliphatic rings. The van der Waals surface area contributed by atoms with Crippen molar-refractivity contribution in [2.75, 3.05) is 19.6 Å². The van der Waals surface area contributed by atoms with Gasteiger partial charge in [0.25, 0.3) is 0 Å². The van der Waals surface area contributed by atoms with E-state index in [1.165, 1.54) is 0 Å². The summed E-state index contributed by atoms with van der Waals surface area (Å²) >= 11 is 0. The van der Waals surface area contributed by atoms with E-state index in [2.05, 4.69) is 10.6 Å². The molecule has 1 heterocycles. The van der Waals surface area contributed by atoms with E-state index in [-0.39, 0.29) is 17.4 Å². The Morgan fingerprint density at radius 3 is 2.82 bits per heavy atom. The molecule has 4 nitrogen and oxygen atoms in total. The number of hydrogen-bond donors (Lipinski definition) is 3. The van der Waals surface area contributed by atoms with Crippen molar-refractivity contribution in [3.05, 3.63) is 0 Å². The van der Waals surface area contributed by atoms with Crippen LogP contribution in [0.2, 0.25) is 0 Å². The van der Waals surface area contributed by atoms with Crippen LogP contribution in [0.3, 0.4) is 0 Å². The van der Waals surface area contributed by atoms with Gasteiger partial charge in [0.1, 0.15) is 0 Å². The van der Waals surface area contributed by atoms with Gasteiger partial charge in [-0.2, -0.15) is 0 Å². The Bertz CT molecular complexity index is 246. The highest BCUT2D eigenvalue weighted by atomic mass is 16.3. The summed E-state index contributed by atoms with van der Waals surface area (Å²) in [5.74, 6) is 0.509. The highest BCUT2D eigenvalue weighted by molar-refractivity contribution is 5.82. The van der Waals surface area contributed by atoms with Gasteiger partial charge in [-0.3, -0.25) is 4.79 Å². The topological polar surface area (TPSA) is 61.4 Å². The number of aliphatic hydroxyl groups is 1. The summed E-state index contributed by atoms with van der Waals surface area (Å²) in [5.41, 5.74) is -0.327. The lowest BCUT2D eigenvalue weighted by Crippen LogP contribution is -2.47. The highest BCUT2D eigenvalue weighted by Gasteiger charge is 2.36.